The van der Waals surface area contributed by atoms with Crippen molar-refractivity contribution in [3.05, 3.63) is 65.6 Å². The molecule has 0 saturated carbocycles. The number of nitrogens with one attached hydrogen (secondary N) is 1. The molecular formula is C16H11FN2O2S. The minimum Gasteiger partial charge on any atom is -0.507 e. The lowest BCUT2D eigenvalue weighted by Gasteiger charge is -2.14. The number of nitrogens with zero attached hydrogens (tertiary/aromatic N) is 1. The van der Waals surface area contributed by atoms with E-state index in [1.54, 1.807) is 24.3 Å². The molecule has 1 heterocycles. The maximum Gasteiger partial charge on any atom is 0.281 e. The van der Waals surface area contributed by atoms with Gasteiger partial charge in [0.25, 0.3) is 5.91 Å². The Morgan fingerprint density at radius 2 is 1.82 bits per heavy atom. The van der Waals surface area contributed by atoms with Crippen molar-refractivity contribution >= 4 is 35.0 Å². The molecule has 1 saturated heterocycles. The Morgan fingerprint density at radius 3 is 2.55 bits per heavy atom. The van der Waals surface area contributed by atoms with Gasteiger partial charge in [-0.3, -0.25) is 4.79 Å². The molecule has 1 amide bonds. The lowest BCUT2D eigenvalue weighted by Crippen LogP contribution is -2.31. The van der Waals surface area contributed by atoms with Gasteiger partial charge in [0.15, 0.2) is 5.11 Å². The standard InChI is InChI=1S/C16H11FN2O2S/c17-11-6-2-3-7-13(11)19-15(21)12(18-16(19)22)9-10-5-1-4-8-14(10)20/h1-9,20H,(H,18,22). The molecule has 0 aromatic heterocycles. The zero-order valence-electron chi connectivity index (χ0n) is 11.3. The normalized spacial score (nSPS) is 16.2. The molecule has 110 valence electrons. The number of halogens is 1. The molecule has 0 radical (unpaired) electrons. The van der Waals surface area contributed by atoms with Gasteiger partial charge in [0, 0.05) is 5.56 Å². The monoisotopic (exact) mass is 314 g/mol. The van der Waals surface area contributed by atoms with Crippen LogP contribution in [0.2, 0.25) is 0 Å². The summed E-state index contributed by atoms with van der Waals surface area (Å²) in [4.78, 5) is 13.5. The highest BCUT2D eigenvalue weighted by Gasteiger charge is 2.33. The largest absolute Gasteiger partial charge is 0.507 e. The molecule has 2 aromatic carbocycles. The van der Waals surface area contributed by atoms with Crippen LogP contribution in [-0.4, -0.2) is 16.1 Å². The van der Waals surface area contributed by atoms with E-state index in [1.807, 2.05) is 0 Å². The molecule has 4 nitrogen and oxygen atoms in total. The quantitative estimate of drug-likeness (QED) is 0.661. The molecule has 0 atom stereocenters. The van der Waals surface area contributed by atoms with Crippen LogP contribution in [0.3, 0.4) is 0 Å². The molecule has 2 aromatic rings. The van der Waals surface area contributed by atoms with Crippen molar-refractivity contribution in [2.45, 2.75) is 0 Å². The summed E-state index contributed by atoms with van der Waals surface area (Å²) in [5, 5.41) is 12.6. The molecule has 0 unspecified atom stereocenters. The van der Waals surface area contributed by atoms with Crippen LogP contribution in [0.15, 0.2) is 54.2 Å². The maximum atomic E-state index is 13.9. The molecule has 2 N–H and O–H groups in total. The second-order valence-electron chi connectivity index (χ2n) is 4.64. The second-order valence-corrected chi connectivity index (χ2v) is 5.03. The molecule has 1 aliphatic rings. The van der Waals surface area contributed by atoms with Crippen LogP contribution < -0.4 is 10.2 Å². The number of carbonyl (C=O) groups is 1. The van der Waals surface area contributed by atoms with Crippen molar-refractivity contribution < 1.29 is 14.3 Å². The number of benzene rings is 2. The Balaban J connectivity index is 1.99. The van der Waals surface area contributed by atoms with E-state index >= 15 is 0 Å². The van der Waals surface area contributed by atoms with Gasteiger partial charge in [0.1, 0.15) is 17.3 Å². The van der Waals surface area contributed by atoms with E-state index in [9.17, 15) is 14.3 Å². The number of phenolic OH excluding ortho intramolecular Hbond substituents is 1. The Labute approximate surface area is 131 Å². The van der Waals surface area contributed by atoms with Gasteiger partial charge in [-0.15, -0.1) is 0 Å². The smallest absolute Gasteiger partial charge is 0.281 e. The summed E-state index contributed by atoms with van der Waals surface area (Å²) in [5.41, 5.74) is 0.733. The average Bonchev–Trinajstić information content (AvgIpc) is 2.77. The van der Waals surface area contributed by atoms with E-state index < -0.39 is 11.7 Å². The van der Waals surface area contributed by atoms with Crippen molar-refractivity contribution in [3.63, 3.8) is 0 Å². The summed E-state index contributed by atoms with van der Waals surface area (Å²) in [6, 6.07) is 12.5. The number of hydrogen-bond acceptors (Lipinski definition) is 3. The van der Waals surface area contributed by atoms with Gasteiger partial charge in [-0.25, -0.2) is 9.29 Å². The fraction of sp³-hybridized carbons (Fsp3) is 0. The fourth-order valence-corrected chi connectivity index (χ4v) is 2.44. The molecule has 1 aliphatic heterocycles. The number of rotatable bonds is 2. The van der Waals surface area contributed by atoms with Crippen LogP contribution in [-0.2, 0) is 4.79 Å². The molecule has 1 fully saturated rings. The number of anilines is 1. The number of thiocarbonyl (C=S) groups is 1. The lowest BCUT2D eigenvalue weighted by atomic mass is 10.1. The second kappa shape index (κ2) is 5.57. The third-order valence-electron chi connectivity index (χ3n) is 3.21. The molecule has 0 spiro atoms. The van der Waals surface area contributed by atoms with E-state index in [-0.39, 0.29) is 22.2 Å². The highest BCUT2D eigenvalue weighted by Crippen LogP contribution is 2.26. The first-order chi connectivity index (χ1) is 10.6. The van der Waals surface area contributed by atoms with E-state index in [1.165, 1.54) is 30.3 Å². The van der Waals surface area contributed by atoms with Crippen LogP contribution in [0, 0.1) is 5.82 Å². The number of amides is 1. The summed E-state index contributed by atoms with van der Waals surface area (Å²) < 4.78 is 13.9. The first-order valence-electron chi connectivity index (χ1n) is 6.47. The number of carbonyl (C=O) groups excluding carboxylic acids is 1. The molecule has 3 rings (SSSR count). The van der Waals surface area contributed by atoms with Gasteiger partial charge in [-0.1, -0.05) is 30.3 Å². The van der Waals surface area contributed by atoms with Crippen LogP contribution in [0.25, 0.3) is 6.08 Å². The van der Waals surface area contributed by atoms with Crippen molar-refractivity contribution in [2.24, 2.45) is 0 Å². The summed E-state index contributed by atoms with van der Waals surface area (Å²) in [6.07, 6.45) is 1.48. The third-order valence-corrected chi connectivity index (χ3v) is 3.49. The summed E-state index contributed by atoms with van der Waals surface area (Å²) >= 11 is 5.11. The van der Waals surface area contributed by atoms with Gasteiger partial charge in [0.2, 0.25) is 0 Å². The maximum absolute atomic E-state index is 13.9. The highest BCUT2D eigenvalue weighted by atomic mass is 32.1. The molecule has 22 heavy (non-hydrogen) atoms. The minimum absolute atomic E-state index is 0.0415. The van der Waals surface area contributed by atoms with Gasteiger partial charge >= 0.3 is 0 Å². The van der Waals surface area contributed by atoms with E-state index in [0.717, 1.165) is 4.90 Å². The van der Waals surface area contributed by atoms with Crippen molar-refractivity contribution in [1.82, 2.24) is 5.32 Å². The first kappa shape index (κ1) is 14.2. The summed E-state index contributed by atoms with van der Waals surface area (Å²) in [5.74, 6) is -0.970. The van der Waals surface area contributed by atoms with Crippen molar-refractivity contribution in [1.29, 1.82) is 0 Å². The average molecular weight is 314 g/mol. The van der Waals surface area contributed by atoms with Crippen molar-refractivity contribution in [3.8, 4) is 5.75 Å². The van der Waals surface area contributed by atoms with E-state index in [2.05, 4.69) is 5.32 Å². The molecule has 0 aliphatic carbocycles. The Kier molecular flexibility index (Phi) is 3.60. The predicted octanol–water partition coefficient (Wildman–Crippen LogP) is 2.79. The molecule has 0 bridgehead atoms. The number of phenols is 1. The zero-order valence-corrected chi connectivity index (χ0v) is 12.1. The number of hydrogen-bond donors (Lipinski definition) is 2. The SMILES string of the molecule is O=C1C(=Cc2ccccc2O)NC(=S)N1c1ccccc1F. The Bertz CT molecular complexity index is 804. The number of para-hydroxylation sites is 2. The van der Waals surface area contributed by atoms with E-state index in [0.29, 0.717) is 5.56 Å². The van der Waals surface area contributed by atoms with Crippen molar-refractivity contribution in [2.75, 3.05) is 4.90 Å². The lowest BCUT2D eigenvalue weighted by molar-refractivity contribution is -0.113. The Hall–Kier alpha value is -2.73. The fourth-order valence-electron chi connectivity index (χ4n) is 2.15. The Morgan fingerprint density at radius 1 is 1.14 bits per heavy atom. The number of aromatic hydroxyl groups is 1. The van der Waals surface area contributed by atoms with Gasteiger partial charge in [-0.2, -0.15) is 0 Å². The highest BCUT2D eigenvalue weighted by molar-refractivity contribution is 7.80. The summed E-state index contributed by atoms with van der Waals surface area (Å²) in [6.45, 7) is 0. The zero-order chi connectivity index (χ0) is 15.7. The van der Waals surface area contributed by atoms with Crippen LogP contribution in [0.4, 0.5) is 10.1 Å². The minimum atomic E-state index is -0.538. The topological polar surface area (TPSA) is 52.6 Å². The van der Waals surface area contributed by atoms with Gasteiger partial charge < -0.3 is 10.4 Å². The van der Waals surface area contributed by atoms with Gasteiger partial charge in [0.05, 0.1) is 5.69 Å². The van der Waals surface area contributed by atoms with Gasteiger partial charge in [-0.05, 0) is 36.5 Å². The summed E-state index contributed by atoms with van der Waals surface area (Å²) in [7, 11) is 0. The van der Waals surface area contributed by atoms with E-state index in [4.69, 9.17) is 12.2 Å². The van der Waals surface area contributed by atoms with Crippen LogP contribution >= 0.6 is 12.2 Å². The van der Waals surface area contributed by atoms with Crippen LogP contribution in [0.5, 0.6) is 5.75 Å². The first-order valence-corrected chi connectivity index (χ1v) is 6.88. The molecule has 6 heteroatoms. The van der Waals surface area contributed by atoms with Crippen LogP contribution in [0.1, 0.15) is 5.56 Å². The molecular weight excluding hydrogens is 303 g/mol. The third kappa shape index (κ3) is 2.44. The predicted molar refractivity (Wildman–Crippen MR) is 85.7 cm³/mol.